The molecule has 0 aromatic heterocycles. The molecule has 1 aromatic carbocycles. The Morgan fingerprint density at radius 2 is 2.12 bits per heavy atom. The number of carbonyl (C=O) groups is 1. The van der Waals surface area contributed by atoms with E-state index in [9.17, 15) is 15.0 Å². The molecule has 0 atom stereocenters. The van der Waals surface area contributed by atoms with E-state index in [0.29, 0.717) is 23.4 Å². The molecule has 4 N–H and O–H groups in total. The third-order valence-corrected chi connectivity index (χ3v) is 3.34. The second kappa shape index (κ2) is 3.64. The van der Waals surface area contributed by atoms with Crippen LogP contribution in [0.3, 0.4) is 0 Å². The summed E-state index contributed by atoms with van der Waals surface area (Å²) >= 11 is 5.81. The number of benzene rings is 1. The van der Waals surface area contributed by atoms with E-state index in [0.717, 1.165) is 0 Å². The van der Waals surface area contributed by atoms with E-state index in [4.69, 9.17) is 17.3 Å². The summed E-state index contributed by atoms with van der Waals surface area (Å²) in [5, 5.41) is 19.4. The molecule has 1 aliphatic carbocycles. The average molecular weight is 242 g/mol. The van der Waals surface area contributed by atoms with Crippen molar-refractivity contribution in [3.63, 3.8) is 0 Å². The molecule has 1 saturated carbocycles. The lowest BCUT2D eigenvalue weighted by atomic mass is 9.61. The normalized spacial score (nSPS) is 28.5. The van der Waals surface area contributed by atoms with Gasteiger partial charge in [-0.2, -0.15) is 0 Å². The van der Waals surface area contributed by atoms with Crippen LogP contribution in [0.4, 0.5) is 0 Å². The predicted octanol–water partition coefficient (Wildman–Crippen LogP) is 1.49. The lowest BCUT2D eigenvalue weighted by molar-refractivity contribution is -0.148. The highest BCUT2D eigenvalue weighted by Crippen LogP contribution is 2.47. The number of carboxylic acid groups (broad SMARTS) is 1. The molecule has 0 bridgehead atoms. The maximum Gasteiger partial charge on any atom is 0.314 e. The topological polar surface area (TPSA) is 83.6 Å². The zero-order valence-electron chi connectivity index (χ0n) is 8.48. The molecule has 4 nitrogen and oxygen atoms in total. The van der Waals surface area contributed by atoms with Crippen molar-refractivity contribution in [1.29, 1.82) is 0 Å². The van der Waals surface area contributed by atoms with Crippen molar-refractivity contribution < 1.29 is 15.0 Å². The Labute approximate surface area is 97.6 Å². The van der Waals surface area contributed by atoms with E-state index in [1.165, 1.54) is 18.2 Å². The van der Waals surface area contributed by atoms with Gasteiger partial charge < -0.3 is 15.9 Å². The molecule has 1 aromatic rings. The molecule has 0 amide bonds. The van der Waals surface area contributed by atoms with Crippen LogP contribution in [0.15, 0.2) is 18.2 Å². The Morgan fingerprint density at radius 3 is 2.62 bits per heavy atom. The summed E-state index contributed by atoms with van der Waals surface area (Å²) in [6.07, 6.45) is 0.659. The van der Waals surface area contributed by atoms with Crippen molar-refractivity contribution in [1.82, 2.24) is 0 Å². The molecule has 0 unspecified atom stereocenters. The van der Waals surface area contributed by atoms with Gasteiger partial charge in [0.25, 0.3) is 0 Å². The van der Waals surface area contributed by atoms with Gasteiger partial charge >= 0.3 is 5.97 Å². The van der Waals surface area contributed by atoms with Crippen LogP contribution < -0.4 is 5.73 Å². The first kappa shape index (κ1) is 11.2. The molecule has 86 valence electrons. The summed E-state index contributed by atoms with van der Waals surface area (Å²) in [6.45, 7) is 0. The van der Waals surface area contributed by atoms with Crippen LogP contribution in [0, 0.1) is 0 Å². The van der Waals surface area contributed by atoms with E-state index in [-0.39, 0.29) is 11.8 Å². The maximum absolute atomic E-state index is 11.3. The first-order valence-electron chi connectivity index (χ1n) is 4.94. The third kappa shape index (κ3) is 1.54. The van der Waals surface area contributed by atoms with E-state index in [2.05, 4.69) is 0 Å². The molecule has 2 rings (SSSR count). The molecule has 0 saturated heterocycles. The fourth-order valence-electron chi connectivity index (χ4n) is 2.24. The van der Waals surface area contributed by atoms with Gasteiger partial charge in [0, 0.05) is 16.6 Å². The summed E-state index contributed by atoms with van der Waals surface area (Å²) in [6, 6.07) is 4.30. The van der Waals surface area contributed by atoms with Gasteiger partial charge in [-0.25, -0.2) is 0 Å². The summed E-state index contributed by atoms with van der Waals surface area (Å²) in [4.78, 5) is 11.3. The molecule has 0 heterocycles. The second-order valence-corrected chi connectivity index (χ2v) is 4.65. The fraction of sp³-hybridized carbons (Fsp3) is 0.364. The SMILES string of the molecule is NC1CC(C(=O)O)(c2cc(Cl)ccc2O)C1. The third-order valence-electron chi connectivity index (χ3n) is 3.10. The molecule has 1 fully saturated rings. The van der Waals surface area contributed by atoms with Crippen molar-refractivity contribution >= 4 is 17.6 Å². The van der Waals surface area contributed by atoms with Crippen LogP contribution in [0.25, 0.3) is 0 Å². The molecule has 16 heavy (non-hydrogen) atoms. The van der Waals surface area contributed by atoms with Crippen LogP contribution in [-0.4, -0.2) is 22.2 Å². The average Bonchev–Trinajstić information content (AvgIpc) is 2.16. The molecule has 5 heteroatoms. The van der Waals surface area contributed by atoms with Crippen molar-refractivity contribution in [3.8, 4) is 5.75 Å². The minimum atomic E-state index is -1.08. The highest BCUT2D eigenvalue weighted by molar-refractivity contribution is 6.30. The monoisotopic (exact) mass is 241 g/mol. The number of aliphatic carboxylic acids is 1. The van der Waals surface area contributed by atoms with Crippen molar-refractivity contribution in [2.75, 3.05) is 0 Å². The van der Waals surface area contributed by atoms with E-state index < -0.39 is 11.4 Å². The quantitative estimate of drug-likeness (QED) is 0.733. The number of phenolic OH excluding ortho intramolecular Hbond substituents is 1. The summed E-state index contributed by atoms with van der Waals surface area (Å²) in [5.41, 5.74) is 4.92. The number of hydrogen-bond acceptors (Lipinski definition) is 3. The van der Waals surface area contributed by atoms with Gasteiger partial charge in [-0.1, -0.05) is 11.6 Å². The number of nitrogens with two attached hydrogens (primary N) is 1. The summed E-state index contributed by atoms with van der Waals surface area (Å²) in [7, 11) is 0. The number of phenols is 1. The number of halogens is 1. The minimum absolute atomic E-state index is 0.0429. The number of aromatic hydroxyl groups is 1. The van der Waals surface area contributed by atoms with Crippen LogP contribution in [0.5, 0.6) is 5.75 Å². The Kier molecular flexibility index (Phi) is 2.56. The Hall–Kier alpha value is -1.26. The Morgan fingerprint density at radius 1 is 1.50 bits per heavy atom. The number of hydrogen-bond donors (Lipinski definition) is 3. The van der Waals surface area contributed by atoms with Crippen molar-refractivity contribution in [2.45, 2.75) is 24.3 Å². The predicted molar refractivity (Wildman–Crippen MR) is 59.6 cm³/mol. The zero-order chi connectivity index (χ0) is 11.9. The van der Waals surface area contributed by atoms with Gasteiger partial charge in [-0.3, -0.25) is 4.79 Å². The lowest BCUT2D eigenvalue weighted by Crippen LogP contribution is -2.54. The largest absolute Gasteiger partial charge is 0.508 e. The van der Waals surface area contributed by atoms with Gasteiger partial charge in [-0.15, -0.1) is 0 Å². The van der Waals surface area contributed by atoms with E-state index >= 15 is 0 Å². The molecule has 0 aliphatic heterocycles. The first-order valence-corrected chi connectivity index (χ1v) is 5.31. The van der Waals surface area contributed by atoms with Crippen LogP contribution >= 0.6 is 11.6 Å². The highest BCUT2D eigenvalue weighted by atomic mass is 35.5. The highest BCUT2D eigenvalue weighted by Gasteiger charge is 2.51. The minimum Gasteiger partial charge on any atom is -0.508 e. The molecular weight excluding hydrogens is 230 g/mol. The van der Waals surface area contributed by atoms with Gasteiger partial charge in [0.05, 0.1) is 5.41 Å². The summed E-state index contributed by atoms with van der Waals surface area (Å²) < 4.78 is 0. The van der Waals surface area contributed by atoms with E-state index in [1.54, 1.807) is 0 Å². The van der Waals surface area contributed by atoms with Gasteiger partial charge in [0.15, 0.2) is 0 Å². The van der Waals surface area contributed by atoms with Crippen molar-refractivity contribution in [2.24, 2.45) is 5.73 Å². The Bertz CT molecular complexity index is 441. The standard InChI is InChI=1S/C11H12ClNO3/c12-6-1-2-9(14)8(3-6)11(10(15)16)4-7(13)5-11/h1-3,7,14H,4-5,13H2,(H,15,16). The molecule has 0 spiro atoms. The molecular formula is C11H12ClNO3. The molecule has 0 radical (unpaired) electrons. The molecule has 1 aliphatic rings. The van der Waals surface area contributed by atoms with Crippen LogP contribution in [0.1, 0.15) is 18.4 Å². The summed E-state index contributed by atoms with van der Waals surface area (Å²) in [5.74, 6) is -1.01. The Balaban J connectivity index is 2.48. The van der Waals surface area contributed by atoms with Gasteiger partial charge in [0.1, 0.15) is 5.75 Å². The van der Waals surface area contributed by atoms with E-state index in [1.807, 2.05) is 0 Å². The second-order valence-electron chi connectivity index (χ2n) is 4.22. The first-order chi connectivity index (χ1) is 7.45. The van der Waals surface area contributed by atoms with Gasteiger partial charge in [0.2, 0.25) is 0 Å². The smallest absolute Gasteiger partial charge is 0.314 e. The van der Waals surface area contributed by atoms with Crippen LogP contribution in [0.2, 0.25) is 5.02 Å². The zero-order valence-corrected chi connectivity index (χ0v) is 9.24. The number of carboxylic acids is 1. The van der Waals surface area contributed by atoms with Crippen molar-refractivity contribution in [3.05, 3.63) is 28.8 Å². The van der Waals surface area contributed by atoms with Crippen LogP contribution in [-0.2, 0) is 10.2 Å². The van der Waals surface area contributed by atoms with Gasteiger partial charge in [-0.05, 0) is 31.0 Å². The lowest BCUT2D eigenvalue weighted by Gasteiger charge is -2.43. The fourth-order valence-corrected chi connectivity index (χ4v) is 2.41. The maximum atomic E-state index is 11.3. The number of rotatable bonds is 2.